The van der Waals surface area contributed by atoms with E-state index in [2.05, 4.69) is 47.4 Å². The van der Waals surface area contributed by atoms with E-state index in [1.54, 1.807) is 0 Å². The molecule has 0 aromatic carbocycles. The van der Waals surface area contributed by atoms with Gasteiger partial charge in [0.1, 0.15) is 5.82 Å². The van der Waals surface area contributed by atoms with Crippen molar-refractivity contribution in [2.75, 3.05) is 6.54 Å². The lowest BCUT2D eigenvalue weighted by molar-refractivity contribution is 0.198. The van der Waals surface area contributed by atoms with Crippen LogP contribution in [0, 0.1) is 25.7 Å². The molecule has 2 aliphatic rings. The summed E-state index contributed by atoms with van der Waals surface area (Å²) < 4.78 is 2.13. The predicted octanol–water partition coefficient (Wildman–Crippen LogP) is 1.73. The van der Waals surface area contributed by atoms with Gasteiger partial charge in [-0.15, -0.1) is 0 Å². The molecule has 136 valence electrons. The van der Waals surface area contributed by atoms with Gasteiger partial charge in [0.05, 0.1) is 17.9 Å². The van der Waals surface area contributed by atoms with E-state index in [1.165, 1.54) is 12.8 Å². The highest BCUT2D eigenvalue weighted by atomic mass is 16.1. The first-order valence-electron chi connectivity index (χ1n) is 9.29. The summed E-state index contributed by atoms with van der Waals surface area (Å²) in [4.78, 5) is 26.0. The summed E-state index contributed by atoms with van der Waals surface area (Å²) in [6, 6.07) is 2.24. The first kappa shape index (κ1) is 15.7. The summed E-state index contributed by atoms with van der Waals surface area (Å²) in [7, 11) is 0. The van der Waals surface area contributed by atoms with E-state index in [-0.39, 0.29) is 11.7 Å². The van der Waals surface area contributed by atoms with Crippen LogP contribution in [0.3, 0.4) is 0 Å². The summed E-state index contributed by atoms with van der Waals surface area (Å²) in [5, 5.41) is 6.79. The number of fused-ring (bicyclic) bond motifs is 1. The fourth-order valence-corrected chi connectivity index (χ4v) is 4.59. The fourth-order valence-electron chi connectivity index (χ4n) is 4.59. The van der Waals surface area contributed by atoms with Crippen molar-refractivity contribution < 1.29 is 0 Å². The number of hydrogen-bond acceptors (Lipinski definition) is 5. The number of H-pyrrole nitrogens is 2. The quantitative estimate of drug-likeness (QED) is 0.745. The molecule has 4 heterocycles. The van der Waals surface area contributed by atoms with Gasteiger partial charge in [0, 0.05) is 17.9 Å². The zero-order valence-corrected chi connectivity index (χ0v) is 15.1. The number of nitrogens with one attached hydrogen (secondary N) is 2. The van der Waals surface area contributed by atoms with Crippen molar-refractivity contribution in [2.45, 2.75) is 45.7 Å². The maximum Gasteiger partial charge on any atom is 0.340 e. The third-order valence-corrected chi connectivity index (χ3v) is 5.80. The Morgan fingerprint density at radius 1 is 1.27 bits per heavy atom. The van der Waals surface area contributed by atoms with Crippen molar-refractivity contribution in [1.29, 1.82) is 0 Å². The molecule has 2 N–H and O–H groups in total. The van der Waals surface area contributed by atoms with Crippen LogP contribution in [0.15, 0.2) is 17.1 Å². The molecule has 5 rings (SSSR count). The lowest BCUT2D eigenvalue weighted by Crippen LogP contribution is -2.28. The zero-order valence-electron chi connectivity index (χ0n) is 15.1. The van der Waals surface area contributed by atoms with Gasteiger partial charge < -0.3 is 0 Å². The Labute approximate surface area is 150 Å². The highest BCUT2D eigenvalue weighted by molar-refractivity contribution is 5.35. The van der Waals surface area contributed by atoms with Gasteiger partial charge in [0.25, 0.3) is 0 Å². The molecule has 8 nitrogen and oxygen atoms in total. The second-order valence-electron chi connectivity index (χ2n) is 7.69. The molecule has 0 spiro atoms. The summed E-state index contributed by atoms with van der Waals surface area (Å²) >= 11 is 0. The van der Waals surface area contributed by atoms with Gasteiger partial charge in [-0.2, -0.15) is 5.10 Å². The van der Waals surface area contributed by atoms with Crippen LogP contribution in [0.2, 0.25) is 0 Å². The third-order valence-electron chi connectivity index (χ3n) is 5.80. The minimum atomic E-state index is -0.230. The van der Waals surface area contributed by atoms with Crippen molar-refractivity contribution in [3.05, 3.63) is 45.7 Å². The number of aromatic amines is 2. The van der Waals surface area contributed by atoms with Crippen molar-refractivity contribution in [1.82, 2.24) is 34.4 Å². The average Bonchev–Trinajstić information content (AvgIpc) is 3.02. The maximum absolute atomic E-state index is 11.6. The number of likely N-dealkylation sites (tertiary alicyclic amines) is 1. The minimum absolute atomic E-state index is 0.158. The third kappa shape index (κ3) is 2.56. The lowest BCUT2D eigenvalue weighted by atomic mass is 9.94. The van der Waals surface area contributed by atoms with E-state index in [0.717, 1.165) is 54.1 Å². The minimum Gasteiger partial charge on any atom is -0.292 e. The van der Waals surface area contributed by atoms with Crippen molar-refractivity contribution in [3.8, 4) is 0 Å². The Bertz CT molecular complexity index is 1010. The van der Waals surface area contributed by atoms with Crippen LogP contribution in [0.1, 0.15) is 48.2 Å². The molecule has 1 saturated heterocycles. The van der Waals surface area contributed by atoms with Gasteiger partial charge in [-0.05, 0) is 57.6 Å². The van der Waals surface area contributed by atoms with E-state index in [4.69, 9.17) is 0 Å². The van der Waals surface area contributed by atoms with Crippen LogP contribution in [-0.4, -0.2) is 41.0 Å². The molecule has 3 aromatic rings. The second-order valence-corrected chi connectivity index (χ2v) is 7.69. The van der Waals surface area contributed by atoms with E-state index < -0.39 is 0 Å². The number of nitrogens with zero attached hydrogens (tertiary/aromatic N) is 5. The van der Waals surface area contributed by atoms with Gasteiger partial charge in [-0.25, -0.2) is 19.9 Å². The van der Waals surface area contributed by atoms with E-state index >= 15 is 0 Å². The van der Waals surface area contributed by atoms with Crippen LogP contribution < -0.4 is 5.69 Å². The lowest BCUT2D eigenvalue weighted by Gasteiger charge is -2.26. The summed E-state index contributed by atoms with van der Waals surface area (Å²) in [6.45, 7) is 5.86. The Balaban J connectivity index is 1.50. The number of rotatable bonds is 4. The molecule has 0 bridgehead atoms. The Morgan fingerprint density at radius 3 is 2.85 bits per heavy atom. The number of aromatic nitrogens is 6. The summed E-state index contributed by atoms with van der Waals surface area (Å²) in [5.41, 5.74) is 3.02. The molecular formula is C18H23N7O. The number of hydrogen-bond donors (Lipinski definition) is 2. The Kier molecular flexibility index (Phi) is 3.49. The van der Waals surface area contributed by atoms with E-state index in [9.17, 15) is 4.79 Å². The smallest absolute Gasteiger partial charge is 0.292 e. The SMILES string of the molecule is Cc1cc(C)n2c(CN3CCC(C4CC4)C3c3n[nH]c(=O)[nH]3)cnc2n1. The van der Waals surface area contributed by atoms with Gasteiger partial charge in [0.15, 0.2) is 0 Å². The van der Waals surface area contributed by atoms with Crippen molar-refractivity contribution >= 4 is 5.78 Å². The van der Waals surface area contributed by atoms with Gasteiger partial charge in [0.2, 0.25) is 5.78 Å². The highest BCUT2D eigenvalue weighted by Crippen LogP contribution is 2.49. The monoisotopic (exact) mass is 353 g/mol. The topological polar surface area (TPSA) is 95.0 Å². The molecule has 2 atom stereocenters. The molecule has 2 unspecified atom stereocenters. The first-order chi connectivity index (χ1) is 12.6. The summed E-state index contributed by atoms with van der Waals surface area (Å²) in [6.07, 6.45) is 5.66. The predicted molar refractivity (Wildman–Crippen MR) is 95.7 cm³/mol. The van der Waals surface area contributed by atoms with Crippen LogP contribution in [0.5, 0.6) is 0 Å². The maximum atomic E-state index is 11.6. The normalized spacial score (nSPS) is 23.9. The van der Waals surface area contributed by atoms with Crippen molar-refractivity contribution in [3.63, 3.8) is 0 Å². The Hall–Kier alpha value is -2.48. The van der Waals surface area contributed by atoms with Crippen LogP contribution in [0.25, 0.3) is 5.78 Å². The van der Waals surface area contributed by atoms with Crippen LogP contribution in [-0.2, 0) is 6.54 Å². The highest BCUT2D eigenvalue weighted by Gasteiger charge is 2.45. The molecule has 1 aliphatic heterocycles. The molecule has 3 aromatic heterocycles. The summed E-state index contributed by atoms with van der Waals surface area (Å²) in [5.74, 6) is 2.84. The molecule has 0 radical (unpaired) electrons. The number of imidazole rings is 1. The van der Waals surface area contributed by atoms with Gasteiger partial charge >= 0.3 is 5.69 Å². The molecular weight excluding hydrogens is 330 g/mol. The van der Waals surface area contributed by atoms with Crippen molar-refractivity contribution in [2.24, 2.45) is 11.8 Å². The van der Waals surface area contributed by atoms with Gasteiger partial charge in [-0.1, -0.05) is 0 Å². The van der Waals surface area contributed by atoms with E-state index in [0.29, 0.717) is 5.92 Å². The van der Waals surface area contributed by atoms with Crippen LogP contribution >= 0.6 is 0 Å². The molecule has 1 aliphatic carbocycles. The molecule has 8 heteroatoms. The van der Waals surface area contributed by atoms with Crippen LogP contribution in [0.4, 0.5) is 0 Å². The molecule has 2 fully saturated rings. The largest absolute Gasteiger partial charge is 0.340 e. The first-order valence-corrected chi connectivity index (χ1v) is 9.29. The van der Waals surface area contributed by atoms with E-state index in [1.807, 2.05) is 13.1 Å². The molecule has 26 heavy (non-hydrogen) atoms. The molecule has 1 saturated carbocycles. The Morgan fingerprint density at radius 2 is 2.12 bits per heavy atom. The average molecular weight is 353 g/mol. The standard InChI is InChI=1S/C18H23N7O/c1-10-7-11(2)25-13(8-19-17(25)20-10)9-24-6-5-14(12-3-4-12)15(24)16-21-18(26)23-22-16/h7-8,12,14-15H,3-6,9H2,1-2H3,(H2,21,22,23,26). The van der Waals surface area contributed by atoms with Gasteiger partial charge in [-0.3, -0.25) is 14.3 Å². The second kappa shape index (κ2) is 5.77. The molecule has 0 amide bonds. The fraction of sp³-hybridized carbons (Fsp3) is 0.556. The zero-order chi connectivity index (χ0) is 17.8. The number of aryl methyl sites for hydroxylation is 2.